The fourth-order valence-electron chi connectivity index (χ4n) is 5.14. The van der Waals surface area contributed by atoms with E-state index in [9.17, 15) is 45.0 Å². The molecule has 8 N–H and O–H groups in total. The zero-order valence-electron chi connectivity index (χ0n) is 25.4. The number of amides is 2. The maximum atomic E-state index is 12.7. The van der Waals surface area contributed by atoms with Crippen molar-refractivity contribution in [2.75, 3.05) is 18.9 Å². The molecule has 6 atom stereocenters. The summed E-state index contributed by atoms with van der Waals surface area (Å²) in [6.07, 6.45) is 2.01. The van der Waals surface area contributed by atoms with Crippen molar-refractivity contribution in [1.82, 2.24) is 10.6 Å². The molecular formula is C33H42N2O10S. The van der Waals surface area contributed by atoms with E-state index in [4.69, 9.17) is 11.2 Å². The van der Waals surface area contributed by atoms with Crippen LogP contribution >= 0.6 is 11.8 Å². The number of thioether (sulfide) groups is 1. The van der Waals surface area contributed by atoms with Crippen LogP contribution in [0.5, 0.6) is 5.75 Å². The summed E-state index contributed by atoms with van der Waals surface area (Å²) in [6.45, 7) is -1.37. The molecule has 1 aliphatic heterocycles. The number of carboxylic acids is 1. The van der Waals surface area contributed by atoms with Gasteiger partial charge in [0.2, 0.25) is 16.7 Å². The summed E-state index contributed by atoms with van der Waals surface area (Å²) in [5.74, 6) is 0.326. The van der Waals surface area contributed by atoms with Crippen molar-refractivity contribution in [2.24, 2.45) is 0 Å². The molecule has 46 heavy (non-hydrogen) atoms. The van der Waals surface area contributed by atoms with Gasteiger partial charge in [-0.15, -0.1) is 24.1 Å². The number of aliphatic hydroxyl groups excluding tert-OH is 4. The second-order valence-electron chi connectivity index (χ2n) is 11.2. The van der Waals surface area contributed by atoms with Crippen LogP contribution < -0.4 is 10.6 Å². The number of hydrogen-bond donors (Lipinski definition) is 8. The SMILES string of the molecule is C#CCCCCCCS[C@]1(C(=O)O)C[C@H](O)[C@@H](NC(=O)CO)[C@H]([C@H](O)[C@H](O)CNC(=O)Cc2ccc(-c3ccc(O)cc3)cc2)O1. The Labute approximate surface area is 272 Å². The van der Waals surface area contributed by atoms with E-state index in [0.29, 0.717) is 24.2 Å². The first-order chi connectivity index (χ1) is 22.0. The van der Waals surface area contributed by atoms with Crippen molar-refractivity contribution >= 4 is 29.5 Å². The standard InChI is InChI=1S/C33H42N2O10S/c1-2-3-4-5-6-7-16-46-33(32(43)44)18-25(38)29(35-28(41)20-36)31(45-33)30(42)26(39)19-34-27(40)17-21-8-10-22(11-9-21)23-12-14-24(37)15-13-23/h1,8-15,25-26,29-31,36-39,42H,3-7,16-20H2,(H,34,40)(H,35,41)(H,43,44)/t25-,26+,29+,30+,31+,33-/m0/s1. The van der Waals surface area contributed by atoms with E-state index in [1.54, 1.807) is 36.4 Å². The van der Waals surface area contributed by atoms with E-state index >= 15 is 0 Å². The first-order valence-electron chi connectivity index (χ1n) is 15.1. The van der Waals surface area contributed by atoms with E-state index in [-0.39, 0.29) is 12.2 Å². The number of rotatable bonds is 17. The van der Waals surface area contributed by atoms with E-state index in [2.05, 4.69) is 16.6 Å². The van der Waals surface area contributed by atoms with Crippen molar-refractivity contribution < 1.29 is 49.8 Å². The lowest BCUT2D eigenvalue weighted by Crippen LogP contribution is -2.67. The van der Waals surface area contributed by atoms with Crippen molar-refractivity contribution in [2.45, 2.75) is 80.3 Å². The molecule has 1 saturated heterocycles. The summed E-state index contributed by atoms with van der Waals surface area (Å²) in [7, 11) is 0. The van der Waals surface area contributed by atoms with Gasteiger partial charge in [0.1, 0.15) is 24.6 Å². The molecule has 13 heteroatoms. The van der Waals surface area contributed by atoms with Crippen LogP contribution in [0.2, 0.25) is 0 Å². The van der Waals surface area contributed by atoms with Gasteiger partial charge in [0.25, 0.3) is 0 Å². The van der Waals surface area contributed by atoms with Gasteiger partial charge in [0.05, 0.1) is 24.7 Å². The number of aromatic hydroxyl groups is 1. The Morgan fingerprint density at radius 3 is 2.24 bits per heavy atom. The molecule has 0 bridgehead atoms. The molecule has 1 heterocycles. The highest BCUT2D eigenvalue weighted by Crippen LogP contribution is 2.41. The van der Waals surface area contributed by atoms with E-state index in [1.165, 1.54) is 0 Å². The average molecular weight is 659 g/mol. The number of carbonyl (C=O) groups is 3. The van der Waals surface area contributed by atoms with Gasteiger partial charge in [-0.25, -0.2) is 4.79 Å². The largest absolute Gasteiger partial charge is 0.508 e. The molecule has 1 fully saturated rings. The normalized spacial score (nSPS) is 22.3. The van der Waals surface area contributed by atoms with Crippen LogP contribution in [0, 0.1) is 12.3 Å². The van der Waals surface area contributed by atoms with Crippen LogP contribution in [0.1, 0.15) is 44.1 Å². The number of aliphatic hydroxyl groups is 4. The van der Waals surface area contributed by atoms with Gasteiger partial charge in [-0.1, -0.05) is 49.2 Å². The van der Waals surface area contributed by atoms with Gasteiger partial charge in [-0.2, -0.15) is 0 Å². The number of phenols is 1. The van der Waals surface area contributed by atoms with Gasteiger partial charge >= 0.3 is 5.97 Å². The fourth-order valence-corrected chi connectivity index (χ4v) is 6.41. The maximum Gasteiger partial charge on any atom is 0.346 e. The Balaban J connectivity index is 1.63. The number of nitrogens with one attached hydrogen (secondary N) is 2. The summed E-state index contributed by atoms with van der Waals surface area (Å²) < 4.78 is 5.89. The molecule has 12 nitrogen and oxygen atoms in total. The third kappa shape index (κ3) is 10.4. The van der Waals surface area contributed by atoms with Gasteiger partial charge in [-0.3, -0.25) is 9.59 Å². The molecule has 3 rings (SSSR count). The summed E-state index contributed by atoms with van der Waals surface area (Å²) >= 11 is 0.942. The first kappa shape index (κ1) is 36.8. The Kier molecular flexibility index (Phi) is 14.3. The molecular weight excluding hydrogens is 616 g/mol. The van der Waals surface area contributed by atoms with E-state index in [0.717, 1.165) is 42.2 Å². The third-order valence-electron chi connectivity index (χ3n) is 7.68. The van der Waals surface area contributed by atoms with Crippen molar-refractivity contribution in [3.63, 3.8) is 0 Å². The zero-order chi connectivity index (χ0) is 33.7. The topological polar surface area (TPSA) is 206 Å². The minimum absolute atomic E-state index is 0.0337. The lowest BCUT2D eigenvalue weighted by molar-refractivity contribution is -0.203. The van der Waals surface area contributed by atoms with Crippen LogP contribution in [0.25, 0.3) is 11.1 Å². The minimum Gasteiger partial charge on any atom is -0.508 e. The monoisotopic (exact) mass is 658 g/mol. The second-order valence-corrected chi connectivity index (χ2v) is 12.5. The van der Waals surface area contributed by atoms with E-state index < -0.39 is 72.7 Å². The van der Waals surface area contributed by atoms with Crippen LogP contribution in [0.3, 0.4) is 0 Å². The number of terminal acetylenes is 1. The number of unbranched alkanes of at least 4 members (excludes halogenated alkanes) is 4. The highest BCUT2D eigenvalue weighted by atomic mass is 32.2. The predicted molar refractivity (Wildman–Crippen MR) is 172 cm³/mol. The van der Waals surface area contributed by atoms with Gasteiger partial charge in [0, 0.05) is 19.4 Å². The summed E-state index contributed by atoms with van der Waals surface area (Å²) in [5.41, 5.74) is 2.45. The number of aliphatic carboxylic acids is 1. The van der Waals surface area contributed by atoms with Crippen molar-refractivity contribution in [1.29, 1.82) is 0 Å². The second kappa shape index (κ2) is 17.9. The quantitative estimate of drug-likeness (QED) is 0.0894. The van der Waals surface area contributed by atoms with Crippen LogP contribution in [-0.2, 0) is 25.5 Å². The van der Waals surface area contributed by atoms with Gasteiger partial charge in [0.15, 0.2) is 0 Å². The highest BCUT2D eigenvalue weighted by Gasteiger charge is 2.55. The Bertz CT molecular complexity index is 1330. The number of hydrogen-bond acceptors (Lipinski definition) is 10. The fraction of sp³-hybridized carbons (Fsp3) is 0.485. The lowest BCUT2D eigenvalue weighted by atomic mass is 9.89. The third-order valence-corrected chi connectivity index (χ3v) is 9.08. The molecule has 0 radical (unpaired) electrons. The molecule has 0 unspecified atom stereocenters. The Hall–Kier alpha value is -3.64. The summed E-state index contributed by atoms with van der Waals surface area (Å²) in [4.78, 5) is 35.1. The van der Waals surface area contributed by atoms with Gasteiger partial charge in [-0.05, 0) is 47.4 Å². The average Bonchev–Trinajstić information content (AvgIpc) is 3.04. The molecule has 0 spiro atoms. The number of benzene rings is 2. The van der Waals surface area contributed by atoms with Crippen LogP contribution in [0.4, 0.5) is 0 Å². The Morgan fingerprint density at radius 1 is 1.00 bits per heavy atom. The highest BCUT2D eigenvalue weighted by molar-refractivity contribution is 8.01. The number of carboxylic acid groups (broad SMARTS) is 1. The summed E-state index contributed by atoms with van der Waals surface area (Å²) in [6, 6.07) is 12.5. The first-order valence-corrected chi connectivity index (χ1v) is 16.1. The van der Waals surface area contributed by atoms with Crippen molar-refractivity contribution in [3.05, 3.63) is 54.1 Å². The number of ether oxygens (including phenoxy) is 1. The van der Waals surface area contributed by atoms with Crippen LogP contribution in [-0.4, -0.2) is 103 Å². The molecule has 2 aromatic carbocycles. The predicted octanol–water partition coefficient (Wildman–Crippen LogP) is 1.16. The molecule has 250 valence electrons. The molecule has 1 aliphatic rings. The van der Waals surface area contributed by atoms with Gasteiger partial charge < -0.3 is 46.0 Å². The molecule has 2 amide bonds. The lowest BCUT2D eigenvalue weighted by Gasteiger charge is -2.46. The van der Waals surface area contributed by atoms with E-state index in [1.807, 2.05) is 12.1 Å². The zero-order valence-corrected chi connectivity index (χ0v) is 26.2. The molecule has 0 aliphatic carbocycles. The summed E-state index contributed by atoms with van der Waals surface area (Å²) in [5, 5.41) is 66.6. The molecule has 2 aromatic rings. The van der Waals surface area contributed by atoms with Crippen LogP contribution in [0.15, 0.2) is 48.5 Å². The number of phenolic OH excluding ortho intramolecular Hbond substituents is 1. The smallest absolute Gasteiger partial charge is 0.346 e. The number of carbonyl (C=O) groups excluding carboxylic acids is 2. The maximum absolute atomic E-state index is 12.7. The van der Waals surface area contributed by atoms with Crippen molar-refractivity contribution in [3.8, 4) is 29.2 Å². The minimum atomic E-state index is -1.99. The Morgan fingerprint density at radius 2 is 1.63 bits per heavy atom. The molecule has 0 aromatic heterocycles. The molecule has 0 saturated carbocycles.